The van der Waals surface area contributed by atoms with E-state index in [1.165, 1.54) is 13.3 Å². The number of amides is 2. The van der Waals surface area contributed by atoms with Gasteiger partial charge in [0.05, 0.1) is 7.11 Å². The Bertz CT molecular complexity index is 1400. The van der Waals surface area contributed by atoms with Crippen LogP contribution in [0.1, 0.15) is 23.7 Å². The molecule has 0 aliphatic carbocycles. The van der Waals surface area contributed by atoms with Crippen LogP contribution >= 0.6 is 0 Å². The number of nitrogens with zero attached hydrogens (tertiary/aromatic N) is 6. The van der Waals surface area contributed by atoms with Gasteiger partial charge in [-0.1, -0.05) is 24.3 Å². The van der Waals surface area contributed by atoms with Crippen LogP contribution in [0.4, 0.5) is 16.3 Å². The van der Waals surface area contributed by atoms with E-state index in [4.69, 9.17) is 4.74 Å². The van der Waals surface area contributed by atoms with Crippen molar-refractivity contribution >= 4 is 29.1 Å². The topological polar surface area (TPSA) is 105 Å². The van der Waals surface area contributed by atoms with Crippen LogP contribution in [-0.2, 0) is 0 Å². The Morgan fingerprint density at radius 2 is 1.83 bits per heavy atom. The minimum atomic E-state index is -0.187. The molecule has 1 fully saturated rings. The summed E-state index contributed by atoms with van der Waals surface area (Å²) in [6, 6.07) is 14.6. The highest BCUT2D eigenvalue weighted by atomic mass is 16.5. The molecule has 1 aliphatic heterocycles. The maximum atomic E-state index is 13.0. The fourth-order valence-electron chi connectivity index (χ4n) is 4.40. The molecule has 0 bridgehead atoms. The third-order valence-electron chi connectivity index (χ3n) is 6.28. The molecule has 0 atom stereocenters. The van der Waals surface area contributed by atoms with Gasteiger partial charge in [0.2, 0.25) is 0 Å². The summed E-state index contributed by atoms with van der Waals surface area (Å²) in [7, 11) is 1.64. The molecule has 2 aromatic carbocycles. The van der Waals surface area contributed by atoms with Crippen LogP contribution in [0.2, 0.25) is 0 Å². The normalized spacial score (nSPS) is 13.9. The van der Waals surface area contributed by atoms with Gasteiger partial charge in [0.25, 0.3) is 5.78 Å². The van der Waals surface area contributed by atoms with Crippen LogP contribution in [0.25, 0.3) is 16.9 Å². The highest BCUT2D eigenvalue weighted by Gasteiger charge is 2.24. The molecule has 2 aromatic heterocycles. The van der Waals surface area contributed by atoms with E-state index in [2.05, 4.69) is 25.3 Å². The van der Waals surface area contributed by atoms with Crippen LogP contribution in [0, 0.1) is 0 Å². The molecule has 1 N–H and O–H groups in total. The van der Waals surface area contributed by atoms with Crippen LogP contribution in [0.5, 0.6) is 5.75 Å². The Kier molecular flexibility index (Phi) is 6.48. The number of anilines is 2. The van der Waals surface area contributed by atoms with Gasteiger partial charge in [0.15, 0.2) is 5.78 Å². The van der Waals surface area contributed by atoms with E-state index in [0.29, 0.717) is 36.7 Å². The molecule has 1 saturated heterocycles. The molecule has 10 nitrogen and oxygen atoms in total. The van der Waals surface area contributed by atoms with Crippen LogP contribution in [-0.4, -0.2) is 69.6 Å². The molecule has 1 aliphatic rings. The summed E-state index contributed by atoms with van der Waals surface area (Å²) in [5.41, 5.74) is 3.08. The number of methoxy groups -OCH3 is 1. The maximum absolute atomic E-state index is 13.0. The number of hydrogen-bond donors (Lipinski definition) is 1. The molecule has 36 heavy (non-hydrogen) atoms. The van der Waals surface area contributed by atoms with Gasteiger partial charge >= 0.3 is 6.03 Å². The number of carbonyl (C=O) groups excluding carboxylic acids is 2. The summed E-state index contributed by atoms with van der Waals surface area (Å²) in [6.07, 6.45) is 4.09. The van der Waals surface area contributed by atoms with Gasteiger partial charge in [-0.05, 0) is 43.2 Å². The number of benzene rings is 2. The Balaban J connectivity index is 1.38. The first kappa shape index (κ1) is 23.3. The lowest BCUT2D eigenvalue weighted by Gasteiger charge is -2.26. The van der Waals surface area contributed by atoms with Crippen molar-refractivity contribution in [3.8, 4) is 16.9 Å². The van der Waals surface area contributed by atoms with Gasteiger partial charge in [-0.3, -0.25) is 4.79 Å². The molecule has 0 spiro atoms. The summed E-state index contributed by atoms with van der Waals surface area (Å²) >= 11 is 0. The average molecular weight is 486 g/mol. The van der Waals surface area contributed by atoms with Gasteiger partial charge in [0, 0.05) is 49.2 Å². The highest BCUT2D eigenvalue weighted by molar-refractivity contribution is 5.96. The molecule has 184 valence electrons. The monoisotopic (exact) mass is 485 g/mol. The molecule has 3 heterocycles. The third-order valence-corrected chi connectivity index (χ3v) is 6.28. The lowest BCUT2D eigenvalue weighted by Crippen LogP contribution is -2.38. The third kappa shape index (κ3) is 4.70. The summed E-state index contributed by atoms with van der Waals surface area (Å²) in [5.74, 6) is 2.15. The number of rotatable bonds is 5. The summed E-state index contributed by atoms with van der Waals surface area (Å²) < 4.78 is 7.06. The van der Waals surface area contributed by atoms with E-state index < -0.39 is 0 Å². The fraction of sp³-hybridized carbons (Fsp3) is 0.269. The maximum Gasteiger partial charge on any atom is 0.321 e. The van der Waals surface area contributed by atoms with Crippen molar-refractivity contribution in [2.24, 2.45) is 0 Å². The Morgan fingerprint density at radius 1 is 1.00 bits per heavy atom. The highest BCUT2D eigenvalue weighted by Crippen LogP contribution is 2.32. The van der Waals surface area contributed by atoms with E-state index in [0.717, 1.165) is 35.7 Å². The number of nitrogens with one attached hydrogen (secondary N) is 1. The number of urea groups is 1. The van der Waals surface area contributed by atoms with Gasteiger partial charge in [-0.2, -0.15) is 14.6 Å². The Hall–Kier alpha value is -4.47. The average Bonchev–Trinajstić information content (AvgIpc) is 3.24. The van der Waals surface area contributed by atoms with Gasteiger partial charge < -0.3 is 19.9 Å². The van der Waals surface area contributed by atoms with E-state index >= 15 is 0 Å². The molecule has 4 aromatic rings. The number of aromatic nitrogens is 4. The second-order valence-electron chi connectivity index (χ2n) is 8.59. The SMILES string of the molecule is COc1ccc(-c2cnc3ncnn3c2N2CCCN(C(=O)Nc3cccc(C(C)=O)c3)CC2)cc1. The second-order valence-corrected chi connectivity index (χ2v) is 8.59. The number of carbonyl (C=O) groups is 2. The first-order chi connectivity index (χ1) is 17.5. The van der Waals surface area contributed by atoms with Crippen molar-refractivity contribution in [1.29, 1.82) is 0 Å². The van der Waals surface area contributed by atoms with Crippen molar-refractivity contribution in [3.63, 3.8) is 0 Å². The summed E-state index contributed by atoms with van der Waals surface area (Å²) in [5, 5.41) is 7.36. The molecule has 0 saturated carbocycles. The van der Waals surface area contributed by atoms with Crippen LogP contribution in [0.15, 0.2) is 61.1 Å². The zero-order chi connectivity index (χ0) is 25.1. The van der Waals surface area contributed by atoms with Crippen molar-refractivity contribution in [3.05, 3.63) is 66.6 Å². The Labute approximate surface area is 208 Å². The number of ketones is 1. The smallest absolute Gasteiger partial charge is 0.321 e. The van der Waals surface area contributed by atoms with Gasteiger partial charge in [-0.25, -0.2) is 9.78 Å². The lowest BCUT2D eigenvalue weighted by atomic mass is 10.1. The number of fused-ring (bicyclic) bond motifs is 1. The summed E-state index contributed by atoms with van der Waals surface area (Å²) in [4.78, 5) is 37.5. The fourth-order valence-corrected chi connectivity index (χ4v) is 4.40. The van der Waals surface area contributed by atoms with Crippen molar-refractivity contribution in [1.82, 2.24) is 24.5 Å². The molecule has 0 radical (unpaired) electrons. The van der Waals surface area contributed by atoms with Crippen molar-refractivity contribution in [2.45, 2.75) is 13.3 Å². The zero-order valence-electron chi connectivity index (χ0n) is 20.2. The van der Waals surface area contributed by atoms with Crippen molar-refractivity contribution in [2.75, 3.05) is 43.5 Å². The zero-order valence-corrected chi connectivity index (χ0v) is 20.2. The number of ether oxygens (including phenoxy) is 1. The summed E-state index contributed by atoms with van der Waals surface area (Å²) in [6.45, 7) is 4.00. The van der Waals surface area contributed by atoms with E-state index in [1.54, 1.807) is 40.8 Å². The largest absolute Gasteiger partial charge is 0.497 e. The Morgan fingerprint density at radius 3 is 2.61 bits per heavy atom. The standard InChI is InChI=1S/C26H27N7O3/c1-18(34)20-5-3-6-21(15-20)30-26(35)32-12-4-11-31(13-14-32)24-23(16-27-25-28-17-29-33(24)25)19-7-9-22(36-2)10-8-19/h3,5-10,15-17H,4,11-14H2,1-2H3,(H,30,35). The number of Topliss-reactive ketones (excluding diaryl/α,β-unsaturated/α-hetero) is 1. The first-order valence-corrected chi connectivity index (χ1v) is 11.8. The minimum Gasteiger partial charge on any atom is -0.497 e. The predicted molar refractivity (Wildman–Crippen MR) is 137 cm³/mol. The predicted octanol–water partition coefficient (Wildman–Crippen LogP) is 3.75. The first-order valence-electron chi connectivity index (χ1n) is 11.8. The quantitative estimate of drug-likeness (QED) is 0.429. The van der Waals surface area contributed by atoms with E-state index in [9.17, 15) is 9.59 Å². The van der Waals surface area contributed by atoms with Crippen LogP contribution in [0.3, 0.4) is 0 Å². The number of hydrogen-bond acceptors (Lipinski definition) is 7. The second kappa shape index (κ2) is 10.0. The van der Waals surface area contributed by atoms with Gasteiger partial charge in [-0.15, -0.1) is 0 Å². The lowest BCUT2D eigenvalue weighted by molar-refractivity contribution is 0.101. The van der Waals surface area contributed by atoms with Crippen LogP contribution < -0.4 is 15.0 Å². The molecule has 10 heteroatoms. The van der Waals surface area contributed by atoms with Crippen molar-refractivity contribution < 1.29 is 14.3 Å². The molecule has 0 unspecified atom stereocenters. The van der Waals surface area contributed by atoms with Gasteiger partial charge in [0.1, 0.15) is 17.9 Å². The molecule has 2 amide bonds. The molecular weight excluding hydrogens is 458 g/mol. The molecule has 5 rings (SSSR count). The minimum absolute atomic E-state index is 0.0408. The van der Waals surface area contributed by atoms with E-state index in [-0.39, 0.29) is 11.8 Å². The van der Waals surface area contributed by atoms with E-state index in [1.807, 2.05) is 30.5 Å². The molecular formula is C26H27N7O3.